The summed E-state index contributed by atoms with van der Waals surface area (Å²) < 4.78 is 11.1. The number of nitrogens with zero attached hydrogens (tertiary/aromatic N) is 3. The average Bonchev–Trinajstić information content (AvgIpc) is 3.26. The Balaban J connectivity index is 1.48. The lowest BCUT2D eigenvalue weighted by atomic mass is 10.1. The molecule has 0 bridgehead atoms. The predicted molar refractivity (Wildman–Crippen MR) is 82.6 cm³/mol. The molecule has 1 aromatic carbocycles. The minimum atomic E-state index is 0.00970. The van der Waals surface area contributed by atoms with E-state index in [2.05, 4.69) is 26.6 Å². The average molecular weight is 313 g/mol. The largest absolute Gasteiger partial charge is 0.495 e. The van der Waals surface area contributed by atoms with Crippen molar-refractivity contribution in [2.45, 2.75) is 31.6 Å². The van der Waals surface area contributed by atoms with Crippen LogP contribution in [0.3, 0.4) is 0 Å². The first-order chi connectivity index (χ1) is 11.3. The molecule has 3 rings (SSSR count). The SMILES string of the molecule is COc1ccc(CNC[C@H]2CC[C@@H](c3ncn[nH]3)O2)cc1C#N. The summed E-state index contributed by atoms with van der Waals surface area (Å²) in [6.45, 7) is 1.45. The second-order valence-electron chi connectivity index (χ2n) is 5.47. The smallest absolute Gasteiger partial charge is 0.153 e. The minimum Gasteiger partial charge on any atom is -0.495 e. The van der Waals surface area contributed by atoms with Gasteiger partial charge in [-0.15, -0.1) is 0 Å². The molecule has 1 aromatic heterocycles. The van der Waals surface area contributed by atoms with Crippen molar-refractivity contribution in [1.82, 2.24) is 20.5 Å². The Morgan fingerprint density at radius 3 is 3.13 bits per heavy atom. The quantitative estimate of drug-likeness (QED) is 0.842. The van der Waals surface area contributed by atoms with E-state index in [9.17, 15) is 0 Å². The molecule has 0 amide bonds. The van der Waals surface area contributed by atoms with Gasteiger partial charge in [-0.25, -0.2) is 4.98 Å². The van der Waals surface area contributed by atoms with Crippen molar-refractivity contribution in [3.8, 4) is 11.8 Å². The van der Waals surface area contributed by atoms with Crippen LogP contribution in [0.15, 0.2) is 24.5 Å². The van der Waals surface area contributed by atoms with Crippen molar-refractivity contribution in [1.29, 1.82) is 5.26 Å². The standard InChI is InChI=1S/C16H19N5O2/c1-22-14-4-2-11(6-12(14)7-17)8-18-9-13-3-5-15(23-13)16-19-10-20-21-16/h2,4,6,10,13,15,18H,3,5,8-9H2,1H3,(H,19,20,21)/t13-,15+/m1/s1. The first-order valence-electron chi connectivity index (χ1n) is 7.58. The number of ether oxygens (including phenoxy) is 2. The molecule has 0 spiro atoms. The number of aromatic nitrogens is 3. The van der Waals surface area contributed by atoms with Crippen molar-refractivity contribution in [2.24, 2.45) is 0 Å². The van der Waals surface area contributed by atoms with Crippen LogP contribution in [0.5, 0.6) is 5.75 Å². The van der Waals surface area contributed by atoms with Crippen molar-refractivity contribution in [2.75, 3.05) is 13.7 Å². The van der Waals surface area contributed by atoms with Crippen LogP contribution in [-0.4, -0.2) is 34.9 Å². The monoisotopic (exact) mass is 313 g/mol. The lowest BCUT2D eigenvalue weighted by Gasteiger charge is -2.13. The van der Waals surface area contributed by atoms with E-state index in [-0.39, 0.29) is 12.2 Å². The number of methoxy groups -OCH3 is 1. The Kier molecular flexibility index (Phi) is 4.86. The second kappa shape index (κ2) is 7.22. The lowest BCUT2D eigenvalue weighted by molar-refractivity contribution is 0.0401. The molecule has 7 nitrogen and oxygen atoms in total. The van der Waals surface area contributed by atoms with Crippen LogP contribution in [-0.2, 0) is 11.3 Å². The topological polar surface area (TPSA) is 95.8 Å². The van der Waals surface area contributed by atoms with E-state index in [1.165, 1.54) is 6.33 Å². The van der Waals surface area contributed by atoms with Gasteiger partial charge in [-0.1, -0.05) is 6.07 Å². The summed E-state index contributed by atoms with van der Waals surface area (Å²) in [5.74, 6) is 1.39. The van der Waals surface area contributed by atoms with Gasteiger partial charge in [0.25, 0.3) is 0 Å². The third-order valence-corrected chi connectivity index (χ3v) is 3.93. The zero-order chi connectivity index (χ0) is 16.1. The normalized spacial score (nSPS) is 20.3. The molecule has 120 valence electrons. The van der Waals surface area contributed by atoms with Gasteiger partial charge < -0.3 is 14.8 Å². The van der Waals surface area contributed by atoms with E-state index in [0.29, 0.717) is 17.9 Å². The van der Waals surface area contributed by atoms with E-state index < -0.39 is 0 Å². The highest BCUT2D eigenvalue weighted by atomic mass is 16.5. The van der Waals surface area contributed by atoms with E-state index in [1.54, 1.807) is 7.11 Å². The number of nitrogens with one attached hydrogen (secondary N) is 2. The first-order valence-corrected chi connectivity index (χ1v) is 7.58. The van der Waals surface area contributed by atoms with Crippen LogP contribution < -0.4 is 10.1 Å². The highest BCUT2D eigenvalue weighted by molar-refractivity contribution is 5.45. The van der Waals surface area contributed by atoms with E-state index in [1.807, 2.05) is 18.2 Å². The van der Waals surface area contributed by atoms with Gasteiger partial charge in [0.15, 0.2) is 5.82 Å². The molecule has 1 aliphatic heterocycles. The molecule has 0 unspecified atom stereocenters. The maximum atomic E-state index is 9.11. The number of rotatable bonds is 6. The Morgan fingerprint density at radius 2 is 2.39 bits per heavy atom. The molecule has 0 saturated carbocycles. The number of benzene rings is 1. The first kappa shape index (κ1) is 15.5. The molecule has 1 saturated heterocycles. The highest BCUT2D eigenvalue weighted by Crippen LogP contribution is 2.30. The van der Waals surface area contributed by atoms with Gasteiger partial charge in [-0.2, -0.15) is 10.4 Å². The molecule has 0 radical (unpaired) electrons. The molecule has 2 heterocycles. The van der Waals surface area contributed by atoms with Crippen LogP contribution in [0.4, 0.5) is 0 Å². The number of H-pyrrole nitrogens is 1. The molecule has 23 heavy (non-hydrogen) atoms. The molecule has 0 aliphatic carbocycles. The summed E-state index contributed by atoms with van der Waals surface area (Å²) in [5, 5.41) is 19.2. The fourth-order valence-electron chi connectivity index (χ4n) is 2.76. The predicted octanol–water partition coefficient (Wildman–Crippen LogP) is 1.69. The summed E-state index contributed by atoms with van der Waals surface area (Å²) in [7, 11) is 1.57. The molecular formula is C16H19N5O2. The maximum absolute atomic E-state index is 9.11. The molecular weight excluding hydrogens is 294 g/mol. The third kappa shape index (κ3) is 3.67. The Bertz CT molecular complexity index is 680. The number of hydrogen-bond donors (Lipinski definition) is 2. The third-order valence-electron chi connectivity index (χ3n) is 3.93. The Morgan fingerprint density at radius 1 is 1.48 bits per heavy atom. The summed E-state index contributed by atoms with van der Waals surface area (Å²) in [5.41, 5.74) is 1.60. The number of hydrogen-bond acceptors (Lipinski definition) is 6. The summed E-state index contributed by atoms with van der Waals surface area (Å²) >= 11 is 0. The zero-order valence-corrected chi connectivity index (χ0v) is 13.0. The summed E-state index contributed by atoms with van der Waals surface area (Å²) in [6, 6.07) is 7.77. The van der Waals surface area contributed by atoms with Crippen LogP contribution in [0.25, 0.3) is 0 Å². The van der Waals surface area contributed by atoms with Crippen LogP contribution >= 0.6 is 0 Å². The van der Waals surface area contributed by atoms with E-state index in [4.69, 9.17) is 14.7 Å². The van der Waals surface area contributed by atoms with Crippen molar-refractivity contribution >= 4 is 0 Å². The van der Waals surface area contributed by atoms with Gasteiger partial charge in [-0.3, -0.25) is 5.10 Å². The molecule has 1 aliphatic rings. The highest BCUT2D eigenvalue weighted by Gasteiger charge is 2.27. The Hall–Kier alpha value is -2.43. The fourth-order valence-corrected chi connectivity index (χ4v) is 2.76. The maximum Gasteiger partial charge on any atom is 0.153 e. The number of nitriles is 1. The molecule has 2 N–H and O–H groups in total. The number of aromatic amines is 1. The van der Waals surface area contributed by atoms with Crippen LogP contribution in [0.1, 0.15) is 35.9 Å². The molecule has 2 atom stereocenters. The van der Waals surface area contributed by atoms with Crippen molar-refractivity contribution in [3.05, 3.63) is 41.5 Å². The second-order valence-corrected chi connectivity index (χ2v) is 5.47. The van der Waals surface area contributed by atoms with Gasteiger partial charge in [0.1, 0.15) is 24.3 Å². The van der Waals surface area contributed by atoms with Gasteiger partial charge in [0, 0.05) is 13.1 Å². The molecule has 2 aromatic rings. The fraction of sp³-hybridized carbons (Fsp3) is 0.438. The molecule has 7 heteroatoms. The van der Waals surface area contributed by atoms with Gasteiger partial charge in [0.05, 0.1) is 18.8 Å². The summed E-state index contributed by atoms with van der Waals surface area (Å²) in [4.78, 5) is 4.14. The van der Waals surface area contributed by atoms with E-state index >= 15 is 0 Å². The van der Waals surface area contributed by atoms with Crippen LogP contribution in [0, 0.1) is 11.3 Å². The van der Waals surface area contributed by atoms with Gasteiger partial charge in [0.2, 0.25) is 0 Å². The van der Waals surface area contributed by atoms with Crippen molar-refractivity contribution in [3.63, 3.8) is 0 Å². The van der Waals surface area contributed by atoms with Crippen LogP contribution in [0.2, 0.25) is 0 Å². The van der Waals surface area contributed by atoms with Gasteiger partial charge >= 0.3 is 0 Å². The zero-order valence-electron chi connectivity index (χ0n) is 13.0. The molecule has 1 fully saturated rings. The minimum absolute atomic E-state index is 0.00970. The van der Waals surface area contributed by atoms with Crippen molar-refractivity contribution < 1.29 is 9.47 Å². The summed E-state index contributed by atoms with van der Waals surface area (Å²) in [6.07, 6.45) is 3.61. The lowest BCUT2D eigenvalue weighted by Crippen LogP contribution is -2.26. The Labute approximate surface area is 134 Å². The van der Waals surface area contributed by atoms with Gasteiger partial charge in [-0.05, 0) is 30.5 Å². The van der Waals surface area contributed by atoms with E-state index in [0.717, 1.165) is 30.8 Å².